The van der Waals surface area contributed by atoms with Gasteiger partial charge in [0.25, 0.3) is 0 Å². The van der Waals surface area contributed by atoms with E-state index in [-0.39, 0.29) is 10.2 Å². The first-order chi connectivity index (χ1) is 4.48. The van der Waals surface area contributed by atoms with Crippen molar-refractivity contribution in [3.63, 3.8) is 0 Å². The maximum absolute atomic E-state index is 12.0. The average Bonchev–Trinajstić information content (AvgIpc) is 1.59. The Morgan fingerprint density at radius 1 is 1.70 bits per heavy atom. The van der Waals surface area contributed by atoms with Crippen LogP contribution in [0.4, 0.5) is 8.78 Å². The molecule has 0 rings (SSSR count). The highest BCUT2D eigenvalue weighted by atomic mass is 31.1. The Labute approximate surface area is 59.8 Å². The van der Waals surface area contributed by atoms with Crippen LogP contribution in [0.5, 0.6) is 0 Å². The predicted octanol–water partition coefficient (Wildman–Crippen LogP) is -0.428. The zero-order valence-electron chi connectivity index (χ0n) is 4.97. The topological polar surface area (TPSA) is 46.5 Å². The summed E-state index contributed by atoms with van der Waals surface area (Å²) in [5, 5.41) is 0. The summed E-state index contributed by atoms with van der Waals surface area (Å²) in [5.74, 6) is 1.37. The van der Waals surface area contributed by atoms with E-state index < -0.39 is 14.4 Å². The minimum absolute atomic E-state index is 0.273. The molecule has 0 aliphatic carbocycles. The van der Waals surface area contributed by atoms with Crippen molar-refractivity contribution in [2.45, 2.75) is 6.11 Å². The zero-order chi connectivity index (χ0) is 8.20. The molecule has 0 aromatic rings. The fraction of sp³-hybridized carbons (Fsp3) is 0.333. The summed E-state index contributed by atoms with van der Waals surface area (Å²) in [4.78, 5) is 7.87. The Hall–Kier alpha value is -0.343. The first kappa shape index (κ1) is 9.66. The third-order valence-corrected chi connectivity index (χ3v) is 1.10. The van der Waals surface area contributed by atoms with Crippen molar-refractivity contribution >= 4 is 18.5 Å². The lowest BCUT2D eigenvalue weighted by atomic mass is 10.7. The molecule has 0 aliphatic rings. The molecule has 3 nitrogen and oxygen atoms in total. The second kappa shape index (κ2) is 3.74. The molecule has 0 bridgehead atoms. The van der Waals surface area contributed by atoms with Crippen molar-refractivity contribution in [1.29, 1.82) is 0 Å². The standard InChI is InChI=1S/C3H3F2O3PSi/c4-3(5,1-2-10)8-9(6)7/h10H3/p+1. The lowest BCUT2D eigenvalue weighted by Gasteiger charge is -1.95. The van der Waals surface area contributed by atoms with Crippen molar-refractivity contribution in [2.24, 2.45) is 0 Å². The van der Waals surface area contributed by atoms with E-state index in [1.165, 1.54) is 5.92 Å². The fourth-order valence-electron chi connectivity index (χ4n) is 0.266. The van der Waals surface area contributed by atoms with Crippen molar-refractivity contribution in [1.82, 2.24) is 0 Å². The van der Waals surface area contributed by atoms with Crippen LogP contribution >= 0.6 is 8.25 Å². The molecule has 0 aromatic carbocycles. The number of hydrogen-bond donors (Lipinski definition) is 1. The highest BCUT2D eigenvalue weighted by Crippen LogP contribution is 2.27. The van der Waals surface area contributed by atoms with Crippen LogP contribution in [0.15, 0.2) is 0 Å². The Balaban J connectivity index is 4.08. The summed E-state index contributed by atoms with van der Waals surface area (Å²) in [6.07, 6.45) is -3.79. The highest BCUT2D eigenvalue weighted by molar-refractivity contribution is 7.32. The smallest absolute Gasteiger partial charge is 0.159 e. The van der Waals surface area contributed by atoms with E-state index in [0.29, 0.717) is 0 Å². The summed E-state index contributed by atoms with van der Waals surface area (Å²) >= 11 is 0. The van der Waals surface area contributed by atoms with Crippen LogP contribution in [0.1, 0.15) is 0 Å². The van der Waals surface area contributed by atoms with Gasteiger partial charge in [0.05, 0.1) is 10.2 Å². The van der Waals surface area contributed by atoms with E-state index in [4.69, 9.17) is 4.89 Å². The molecule has 1 unspecified atom stereocenters. The van der Waals surface area contributed by atoms with Gasteiger partial charge in [-0.3, -0.25) is 0 Å². The van der Waals surface area contributed by atoms with Crippen LogP contribution in [0.2, 0.25) is 0 Å². The second-order valence-electron chi connectivity index (χ2n) is 1.22. The Morgan fingerprint density at radius 3 is 2.50 bits per heavy atom. The van der Waals surface area contributed by atoms with Crippen molar-refractivity contribution in [3.05, 3.63) is 0 Å². The second-order valence-corrected chi connectivity index (χ2v) is 2.38. The lowest BCUT2D eigenvalue weighted by molar-refractivity contribution is -0.122. The zero-order valence-corrected chi connectivity index (χ0v) is 7.86. The summed E-state index contributed by atoms with van der Waals surface area (Å²) in [6.45, 7) is 0. The summed E-state index contributed by atoms with van der Waals surface area (Å²) in [7, 11) is -3.01. The molecule has 1 N–H and O–H groups in total. The van der Waals surface area contributed by atoms with E-state index in [1.54, 1.807) is 0 Å². The molecular weight excluding hydrogens is 181 g/mol. The van der Waals surface area contributed by atoms with E-state index >= 15 is 0 Å². The van der Waals surface area contributed by atoms with E-state index in [0.717, 1.165) is 0 Å². The summed E-state index contributed by atoms with van der Waals surface area (Å²) in [6, 6.07) is 0. The van der Waals surface area contributed by atoms with Gasteiger partial charge in [-0.15, -0.1) is 10.4 Å². The molecule has 56 valence electrons. The van der Waals surface area contributed by atoms with Gasteiger partial charge in [0.1, 0.15) is 0 Å². The average molecular weight is 185 g/mol. The molecule has 10 heavy (non-hydrogen) atoms. The summed E-state index contributed by atoms with van der Waals surface area (Å²) < 4.78 is 36.9. The first-order valence-electron chi connectivity index (χ1n) is 2.15. The van der Waals surface area contributed by atoms with Crippen LogP contribution in [0.3, 0.4) is 0 Å². The van der Waals surface area contributed by atoms with Gasteiger partial charge in [-0.25, -0.2) is 0 Å². The van der Waals surface area contributed by atoms with Crippen molar-refractivity contribution in [3.8, 4) is 11.5 Å². The summed E-state index contributed by atoms with van der Waals surface area (Å²) in [5.41, 5.74) is 1.99. The molecule has 0 radical (unpaired) electrons. The first-order valence-corrected chi connectivity index (χ1v) is 4.28. The SMILES string of the molecule is O=[P+](O)OC(F)(F)C#C[SiH3]. The monoisotopic (exact) mass is 185 g/mol. The third-order valence-electron chi connectivity index (χ3n) is 0.463. The number of halogens is 2. The molecule has 0 heterocycles. The van der Waals surface area contributed by atoms with Crippen LogP contribution in [-0.4, -0.2) is 21.2 Å². The molecule has 0 aliphatic heterocycles. The van der Waals surface area contributed by atoms with Crippen LogP contribution in [-0.2, 0) is 9.09 Å². The van der Waals surface area contributed by atoms with Crippen LogP contribution in [0, 0.1) is 11.5 Å². The van der Waals surface area contributed by atoms with Crippen LogP contribution < -0.4 is 0 Å². The van der Waals surface area contributed by atoms with Crippen LogP contribution in [0.25, 0.3) is 0 Å². The predicted molar refractivity (Wildman–Crippen MR) is 33.6 cm³/mol. The number of alkyl halides is 2. The van der Waals surface area contributed by atoms with Gasteiger partial charge in [0, 0.05) is 4.57 Å². The van der Waals surface area contributed by atoms with Gasteiger partial charge in [0.15, 0.2) is 0 Å². The fourth-order valence-corrected chi connectivity index (χ4v) is 0.799. The maximum Gasteiger partial charge on any atom is 0.701 e. The molecule has 0 spiro atoms. The minimum Gasteiger partial charge on any atom is -0.159 e. The van der Waals surface area contributed by atoms with E-state index in [2.05, 4.69) is 4.52 Å². The molecule has 0 fully saturated rings. The van der Waals surface area contributed by atoms with Crippen molar-refractivity contribution in [2.75, 3.05) is 0 Å². The highest BCUT2D eigenvalue weighted by Gasteiger charge is 2.39. The van der Waals surface area contributed by atoms with Gasteiger partial charge in [-0.05, 0) is 10.4 Å². The molecule has 0 saturated carbocycles. The molecule has 7 heteroatoms. The molecule has 1 atom stereocenters. The molecule has 0 aromatic heterocycles. The Bertz CT molecular complexity index is 196. The normalized spacial score (nSPS) is 12.1. The molecule has 0 amide bonds. The largest absolute Gasteiger partial charge is 0.701 e. The van der Waals surface area contributed by atoms with Crippen molar-refractivity contribution < 1.29 is 22.8 Å². The lowest BCUT2D eigenvalue weighted by Crippen LogP contribution is -2.13. The number of hydrogen-bond acceptors (Lipinski definition) is 2. The van der Waals surface area contributed by atoms with E-state index in [9.17, 15) is 13.3 Å². The quantitative estimate of drug-likeness (QED) is 0.361. The van der Waals surface area contributed by atoms with E-state index in [1.807, 2.05) is 5.54 Å². The van der Waals surface area contributed by atoms with Gasteiger partial charge in [-0.2, -0.15) is 8.78 Å². The van der Waals surface area contributed by atoms with Gasteiger partial charge >= 0.3 is 14.4 Å². The van der Waals surface area contributed by atoms with Gasteiger partial charge < -0.3 is 0 Å². The molecule has 0 saturated heterocycles. The number of rotatable bonds is 2. The minimum atomic E-state index is -3.79. The molecular formula is C3H4F2O3PSi+. The van der Waals surface area contributed by atoms with Gasteiger partial charge in [-0.1, -0.05) is 0 Å². The Kier molecular flexibility index (Phi) is 3.61. The third kappa shape index (κ3) is 4.53. The maximum atomic E-state index is 12.0. The van der Waals surface area contributed by atoms with Gasteiger partial charge in [0.2, 0.25) is 0 Å². The Morgan fingerprint density at radius 2 is 2.20 bits per heavy atom.